The van der Waals surface area contributed by atoms with Crippen molar-refractivity contribution in [1.82, 2.24) is 4.90 Å². The van der Waals surface area contributed by atoms with Crippen molar-refractivity contribution >= 4 is 12.1 Å². The maximum atomic E-state index is 11.9. The van der Waals surface area contributed by atoms with Crippen molar-refractivity contribution in [3.63, 3.8) is 0 Å². The Morgan fingerprint density at radius 3 is 2.56 bits per heavy atom. The summed E-state index contributed by atoms with van der Waals surface area (Å²) < 4.78 is 5.32. The lowest BCUT2D eigenvalue weighted by Crippen LogP contribution is -2.38. The van der Waals surface area contributed by atoms with Crippen molar-refractivity contribution in [2.24, 2.45) is 11.3 Å². The summed E-state index contributed by atoms with van der Waals surface area (Å²) in [6.07, 6.45) is 1.76. The van der Waals surface area contributed by atoms with E-state index < -0.39 is 17.0 Å². The molecule has 2 rings (SSSR count). The minimum absolute atomic E-state index is 0.238. The number of ether oxygens (including phenoxy) is 1. The quantitative estimate of drug-likeness (QED) is 0.779. The van der Waals surface area contributed by atoms with Gasteiger partial charge in [-0.1, -0.05) is 0 Å². The van der Waals surface area contributed by atoms with Crippen LogP contribution >= 0.6 is 0 Å². The van der Waals surface area contributed by atoms with E-state index in [1.54, 1.807) is 4.90 Å². The molecule has 0 aromatic heterocycles. The zero-order valence-corrected chi connectivity index (χ0v) is 11.2. The minimum Gasteiger partial charge on any atom is -0.481 e. The van der Waals surface area contributed by atoms with Gasteiger partial charge in [-0.25, -0.2) is 4.79 Å². The zero-order valence-electron chi connectivity index (χ0n) is 11.2. The Morgan fingerprint density at radius 1 is 1.33 bits per heavy atom. The highest BCUT2D eigenvalue weighted by Crippen LogP contribution is 2.58. The minimum atomic E-state index is -0.710. The number of carbonyl (C=O) groups is 2. The Kier molecular flexibility index (Phi) is 3.03. The number of aliphatic carboxylic acids is 1. The molecule has 2 fully saturated rings. The largest absolute Gasteiger partial charge is 0.481 e. The van der Waals surface area contributed by atoms with Crippen LogP contribution in [0, 0.1) is 11.3 Å². The van der Waals surface area contributed by atoms with Crippen LogP contribution < -0.4 is 0 Å². The summed E-state index contributed by atoms with van der Waals surface area (Å²) in [5, 5.41) is 9.24. The van der Waals surface area contributed by atoms with Crippen LogP contribution in [0.25, 0.3) is 0 Å². The van der Waals surface area contributed by atoms with Gasteiger partial charge in [-0.3, -0.25) is 4.79 Å². The van der Waals surface area contributed by atoms with Crippen LogP contribution in [0.5, 0.6) is 0 Å². The van der Waals surface area contributed by atoms with Crippen molar-refractivity contribution in [2.45, 2.75) is 45.6 Å². The molecule has 1 N–H and O–H groups in total. The number of nitrogens with zero attached hydrogens (tertiary/aromatic N) is 1. The third-order valence-electron chi connectivity index (χ3n) is 3.88. The molecule has 0 spiro atoms. The fraction of sp³-hybridized carbons (Fsp3) is 0.846. The van der Waals surface area contributed by atoms with Gasteiger partial charge < -0.3 is 14.7 Å². The monoisotopic (exact) mass is 255 g/mol. The average molecular weight is 255 g/mol. The van der Waals surface area contributed by atoms with Crippen molar-refractivity contribution in [1.29, 1.82) is 0 Å². The van der Waals surface area contributed by atoms with Gasteiger partial charge in [0.15, 0.2) is 0 Å². The van der Waals surface area contributed by atoms with Crippen LogP contribution in [-0.4, -0.2) is 40.8 Å². The van der Waals surface area contributed by atoms with E-state index in [4.69, 9.17) is 4.74 Å². The summed E-state index contributed by atoms with van der Waals surface area (Å²) in [5.74, 6) is -0.471. The molecule has 5 heteroatoms. The molecule has 18 heavy (non-hydrogen) atoms. The van der Waals surface area contributed by atoms with Gasteiger partial charge in [0, 0.05) is 13.1 Å². The van der Waals surface area contributed by atoms with E-state index in [1.165, 1.54) is 0 Å². The van der Waals surface area contributed by atoms with Crippen LogP contribution in [-0.2, 0) is 9.53 Å². The third kappa shape index (κ3) is 2.44. The Bertz CT molecular complexity index is 374. The lowest BCUT2D eigenvalue weighted by Gasteiger charge is -2.26. The van der Waals surface area contributed by atoms with E-state index in [2.05, 4.69) is 0 Å². The normalized spacial score (nSPS) is 31.3. The van der Waals surface area contributed by atoms with E-state index >= 15 is 0 Å². The molecule has 0 bridgehead atoms. The van der Waals surface area contributed by atoms with Gasteiger partial charge >= 0.3 is 12.1 Å². The maximum absolute atomic E-state index is 11.9. The van der Waals surface area contributed by atoms with Crippen molar-refractivity contribution < 1.29 is 19.4 Å². The van der Waals surface area contributed by atoms with Crippen LogP contribution in [0.3, 0.4) is 0 Å². The van der Waals surface area contributed by atoms with E-state index in [9.17, 15) is 14.7 Å². The fourth-order valence-electron chi connectivity index (χ4n) is 2.70. The Labute approximate surface area is 107 Å². The van der Waals surface area contributed by atoms with Gasteiger partial charge in [0.05, 0.1) is 5.41 Å². The molecule has 1 aliphatic carbocycles. The molecular formula is C13H21NO4. The Morgan fingerprint density at radius 2 is 2.00 bits per heavy atom. The van der Waals surface area contributed by atoms with Crippen LogP contribution in [0.15, 0.2) is 0 Å². The first kappa shape index (κ1) is 13.2. The molecule has 1 amide bonds. The van der Waals surface area contributed by atoms with Crippen LogP contribution in [0.4, 0.5) is 4.79 Å². The molecule has 0 radical (unpaired) electrons. The first-order chi connectivity index (χ1) is 8.24. The second-order valence-electron chi connectivity index (χ2n) is 6.37. The highest BCUT2D eigenvalue weighted by Gasteiger charge is 2.60. The predicted octanol–water partition coefficient (Wildman–Crippen LogP) is 2.11. The van der Waals surface area contributed by atoms with Gasteiger partial charge in [0.25, 0.3) is 0 Å². The Balaban J connectivity index is 1.95. The fourth-order valence-corrected chi connectivity index (χ4v) is 2.70. The molecule has 1 saturated heterocycles. The number of carboxylic acids is 1. The van der Waals surface area contributed by atoms with E-state index in [1.807, 2.05) is 20.8 Å². The number of amides is 1. The number of likely N-dealkylation sites (tertiary alicyclic amines) is 1. The molecule has 2 unspecified atom stereocenters. The lowest BCUT2D eigenvalue weighted by molar-refractivity contribution is -0.144. The molecule has 1 saturated carbocycles. The van der Waals surface area contributed by atoms with Crippen molar-refractivity contribution in [3.8, 4) is 0 Å². The number of carbonyl (C=O) groups excluding carboxylic acids is 1. The molecule has 102 valence electrons. The summed E-state index contributed by atoms with van der Waals surface area (Å²) in [6.45, 7) is 6.59. The van der Waals surface area contributed by atoms with Gasteiger partial charge in [-0.05, 0) is 46.0 Å². The highest BCUT2D eigenvalue weighted by atomic mass is 16.6. The molecule has 2 aliphatic rings. The maximum Gasteiger partial charge on any atom is 0.410 e. The van der Waals surface area contributed by atoms with E-state index in [0.29, 0.717) is 19.5 Å². The van der Waals surface area contributed by atoms with Gasteiger partial charge in [0.2, 0.25) is 0 Å². The van der Waals surface area contributed by atoms with Gasteiger partial charge in [0.1, 0.15) is 5.60 Å². The number of hydrogen-bond acceptors (Lipinski definition) is 3. The summed E-state index contributed by atoms with van der Waals surface area (Å²) >= 11 is 0. The second-order valence-corrected chi connectivity index (χ2v) is 6.37. The first-order valence-corrected chi connectivity index (χ1v) is 6.46. The standard InChI is InChI=1S/C13H21NO4/c1-12(2,3)18-11(17)14-6-4-9-8-13(9,5-7-14)10(15)16/h9H,4-8H2,1-3H3,(H,15,16). The Hall–Kier alpha value is -1.26. The van der Waals surface area contributed by atoms with E-state index in [-0.39, 0.29) is 12.0 Å². The number of rotatable bonds is 1. The average Bonchev–Trinajstić information content (AvgIpc) is 2.87. The molecule has 0 aromatic rings. The van der Waals surface area contributed by atoms with Crippen LogP contribution in [0.1, 0.15) is 40.0 Å². The molecular weight excluding hydrogens is 234 g/mol. The van der Waals surface area contributed by atoms with Gasteiger partial charge in [-0.15, -0.1) is 0 Å². The van der Waals surface area contributed by atoms with Crippen molar-refractivity contribution in [3.05, 3.63) is 0 Å². The third-order valence-corrected chi connectivity index (χ3v) is 3.88. The smallest absolute Gasteiger partial charge is 0.410 e. The number of fused-ring (bicyclic) bond motifs is 1. The predicted molar refractivity (Wildman–Crippen MR) is 65.2 cm³/mol. The summed E-state index contributed by atoms with van der Waals surface area (Å²) in [7, 11) is 0. The van der Waals surface area contributed by atoms with E-state index in [0.717, 1.165) is 12.8 Å². The molecule has 0 aromatic carbocycles. The summed E-state index contributed by atoms with van der Waals surface area (Å²) in [5.41, 5.74) is -1.06. The summed E-state index contributed by atoms with van der Waals surface area (Å²) in [4.78, 5) is 24.8. The topological polar surface area (TPSA) is 66.8 Å². The van der Waals surface area contributed by atoms with Gasteiger partial charge in [-0.2, -0.15) is 0 Å². The molecule has 2 atom stereocenters. The highest BCUT2D eigenvalue weighted by molar-refractivity contribution is 5.79. The second kappa shape index (κ2) is 4.14. The summed E-state index contributed by atoms with van der Waals surface area (Å²) in [6, 6.07) is 0. The SMILES string of the molecule is CC(C)(C)OC(=O)N1CCC2CC2(C(=O)O)CC1. The molecule has 1 heterocycles. The number of carboxylic acid groups (broad SMARTS) is 1. The number of hydrogen-bond donors (Lipinski definition) is 1. The van der Waals surface area contributed by atoms with Crippen molar-refractivity contribution in [2.75, 3.05) is 13.1 Å². The lowest BCUT2D eigenvalue weighted by atomic mass is 9.99. The first-order valence-electron chi connectivity index (χ1n) is 6.46. The van der Waals surface area contributed by atoms with Crippen LogP contribution in [0.2, 0.25) is 0 Å². The zero-order chi connectivity index (χ0) is 13.6. The molecule has 1 aliphatic heterocycles. The molecule has 5 nitrogen and oxygen atoms in total.